The SMILES string of the molecule is CCC1(CC)N=c2cc/c(=C3\C(=O)C(=O)C(c4ccc5c6c(cccc46)NC(CC)(COS(=O)(=O)[O-])N5)=C3O)c3cccc(c23)N1.O=C1C(=O)C(=c2cc3c4c(c2)CCC[N+]=4CCC3)C([O-])=C1c1cc2c3c(c1)CCCN3CCC2. The number of Topliss-reactive ketones (excluding diaryl/α,β-unsaturated/α-hetero) is 4. The van der Waals surface area contributed by atoms with Crippen LogP contribution in [-0.4, -0.2) is 85.3 Å². The highest BCUT2D eigenvalue weighted by atomic mass is 32.3. The Bertz CT molecular complexity index is 4210. The standard InChI is InChI=1S/C34H32N4O7S.C29H28N2O3/c1-4-33(5-2)35-22-11-7-9-18-20(13-15-24(36-33)26(18)22)28-30(39)29(32(41)31(28)40)21-14-16-25-27-19(21)10-8-12-23(27)37-34(6-3,38-25)17-45-46(42,43)44;32-27-23(21-13-17-5-1-9-30-10-2-6-18(14-21)25(17)30)28(33)29(34)24(27)22-15-19-7-3-11-31-12-4-8-20(16-22)26(19)31/h7-16,35,37-39H,4-6,17H2,1-3H3,(H,42,43,44);13-16H,1-12H2/p-1/b28-20+;. The lowest BCUT2D eigenvalue weighted by Crippen LogP contribution is -2.51. The first kappa shape index (κ1) is 51.4. The first-order chi connectivity index (χ1) is 38.5. The Hall–Kier alpha value is -7.99. The molecule has 0 amide bonds. The molecule has 0 aromatic heterocycles. The Balaban J connectivity index is 0.000000158. The van der Waals surface area contributed by atoms with E-state index in [1.54, 1.807) is 43.3 Å². The van der Waals surface area contributed by atoms with E-state index in [9.17, 15) is 42.4 Å². The molecule has 6 heterocycles. The number of hydrogen-bond acceptors (Lipinski definition) is 15. The first-order valence-electron chi connectivity index (χ1n) is 27.9. The zero-order valence-electron chi connectivity index (χ0n) is 44.8. The van der Waals surface area contributed by atoms with Gasteiger partial charge in [-0.25, -0.2) is 13.0 Å². The molecule has 6 aliphatic heterocycles. The molecule has 80 heavy (non-hydrogen) atoms. The van der Waals surface area contributed by atoms with E-state index in [1.807, 2.05) is 48.5 Å². The lowest BCUT2D eigenvalue weighted by Gasteiger charge is -2.41. The third-order valence-corrected chi connectivity index (χ3v) is 18.2. The summed E-state index contributed by atoms with van der Waals surface area (Å²) in [6.45, 7) is 9.79. The number of carbonyl (C=O) groups excluding carboxylic acids is 4. The number of hydrogen-bond donors (Lipinski definition) is 4. The molecule has 16 nitrogen and oxygen atoms in total. The van der Waals surface area contributed by atoms with Crippen molar-refractivity contribution in [2.45, 2.75) is 103 Å². The molecule has 2 aliphatic carbocycles. The fourth-order valence-corrected chi connectivity index (χ4v) is 14.2. The van der Waals surface area contributed by atoms with Gasteiger partial charge in [0.2, 0.25) is 38.9 Å². The summed E-state index contributed by atoms with van der Waals surface area (Å²) in [5, 5.41) is 41.3. The number of nitrogens with one attached hydrogen (secondary N) is 3. The van der Waals surface area contributed by atoms with Crippen LogP contribution in [0, 0.1) is 0 Å². The van der Waals surface area contributed by atoms with E-state index in [1.165, 1.54) is 33.3 Å². The molecule has 17 heteroatoms. The van der Waals surface area contributed by atoms with Gasteiger partial charge in [-0.1, -0.05) is 62.9 Å². The second kappa shape index (κ2) is 19.1. The monoisotopic (exact) mass is 1090 g/mol. The molecule has 4 N–H and O–H groups in total. The second-order valence-corrected chi connectivity index (χ2v) is 23.3. The Morgan fingerprint density at radius 1 is 0.662 bits per heavy atom. The minimum absolute atomic E-state index is 0.0655. The molecule has 0 fully saturated rings. The quantitative estimate of drug-likeness (QED) is 0.0674. The summed E-state index contributed by atoms with van der Waals surface area (Å²) in [5.74, 6) is -3.68. The van der Waals surface area contributed by atoms with Crippen LogP contribution in [0.4, 0.5) is 22.7 Å². The number of ketones is 4. The minimum atomic E-state index is -4.93. The van der Waals surface area contributed by atoms with Crippen LogP contribution in [0.5, 0.6) is 0 Å². The van der Waals surface area contributed by atoms with Crippen LogP contribution in [0.1, 0.15) is 99.1 Å². The lowest BCUT2D eigenvalue weighted by molar-refractivity contribution is -0.290. The fourth-order valence-electron chi connectivity index (χ4n) is 13.8. The molecule has 14 rings (SSSR count). The van der Waals surface area contributed by atoms with Gasteiger partial charge in [-0.2, -0.15) is 0 Å². The summed E-state index contributed by atoms with van der Waals surface area (Å²) in [6, 6.07) is 25.9. The Morgan fingerprint density at radius 3 is 1.89 bits per heavy atom. The van der Waals surface area contributed by atoms with Gasteiger partial charge < -0.3 is 35.6 Å². The third-order valence-electron chi connectivity index (χ3n) is 17.8. The molecule has 0 spiro atoms. The topological polar surface area (TPSA) is 233 Å². The summed E-state index contributed by atoms with van der Waals surface area (Å²) in [4.78, 5) is 61.2. The zero-order valence-corrected chi connectivity index (χ0v) is 45.6. The van der Waals surface area contributed by atoms with Gasteiger partial charge in [-0.15, -0.1) is 0 Å². The van der Waals surface area contributed by atoms with Crippen LogP contribution >= 0.6 is 0 Å². The van der Waals surface area contributed by atoms with Gasteiger partial charge in [0, 0.05) is 81.7 Å². The average Bonchev–Trinajstić information content (AvgIpc) is 4.03. The van der Waals surface area contributed by atoms with E-state index in [4.69, 9.17) is 4.99 Å². The van der Waals surface area contributed by atoms with E-state index < -0.39 is 57.2 Å². The molecule has 0 bridgehead atoms. The second-order valence-electron chi connectivity index (χ2n) is 22.2. The van der Waals surface area contributed by atoms with Gasteiger partial charge in [0.15, 0.2) is 0 Å². The van der Waals surface area contributed by atoms with E-state index in [0.717, 1.165) is 107 Å². The van der Waals surface area contributed by atoms with Crippen molar-refractivity contribution in [3.63, 3.8) is 0 Å². The van der Waals surface area contributed by atoms with Crippen molar-refractivity contribution in [1.82, 2.24) is 4.58 Å². The summed E-state index contributed by atoms with van der Waals surface area (Å²) >= 11 is 0. The maximum Gasteiger partial charge on any atom is 0.238 e. The van der Waals surface area contributed by atoms with Gasteiger partial charge in [0.25, 0.3) is 0 Å². The smallest absolute Gasteiger partial charge is 0.238 e. The number of rotatable bonds is 8. The number of aliphatic hydroxyl groups is 1. The van der Waals surface area contributed by atoms with Crippen LogP contribution in [-0.2, 0) is 59.4 Å². The van der Waals surface area contributed by atoms with Crippen LogP contribution in [0.25, 0.3) is 43.8 Å². The van der Waals surface area contributed by atoms with Crippen molar-refractivity contribution in [2.24, 2.45) is 4.99 Å². The number of aliphatic hydroxyl groups excluding tert-OH is 1. The summed E-state index contributed by atoms with van der Waals surface area (Å²) < 4.78 is 40.7. The lowest BCUT2D eigenvalue weighted by atomic mass is 9.88. The molecule has 0 saturated carbocycles. The molecular formula is C63H59N6O10S-. The highest BCUT2D eigenvalue weighted by Crippen LogP contribution is 2.45. The number of benzene rings is 6. The van der Waals surface area contributed by atoms with E-state index in [-0.39, 0.29) is 28.1 Å². The van der Waals surface area contributed by atoms with Crippen molar-refractivity contribution >= 4 is 100 Å². The summed E-state index contributed by atoms with van der Waals surface area (Å²) in [5.41, 5.74) is 7.67. The molecular weight excluding hydrogens is 1030 g/mol. The molecule has 408 valence electrons. The van der Waals surface area contributed by atoms with Crippen molar-refractivity contribution in [2.75, 3.05) is 53.6 Å². The molecule has 6 aromatic carbocycles. The van der Waals surface area contributed by atoms with E-state index in [2.05, 4.69) is 43.5 Å². The highest BCUT2D eigenvalue weighted by molar-refractivity contribution is 7.80. The van der Waals surface area contributed by atoms with Gasteiger partial charge in [-0.05, 0) is 150 Å². The molecule has 1 unspecified atom stereocenters. The Kier molecular flexibility index (Phi) is 12.3. The van der Waals surface area contributed by atoms with Gasteiger partial charge in [0.05, 0.1) is 16.5 Å². The third kappa shape index (κ3) is 8.17. The summed E-state index contributed by atoms with van der Waals surface area (Å²) in [6.07, 6.45) is 10.1. The predicted molar refractivity (Wildman–Crippen MR) is 303 cm³/mol. The number of carbonyl (C=O) groups is 4. The van der Waals surface area contributed by atoms with Crippen LogP contribution in [0.3, 0.4) is 0 Å². The predicted octanol–water partition coefficient (Wildman–Crippen LogP) is 5.09. The zero-order chi connectivity index (χ0) is 55.6. The molecule has 1 atom stereocenters. The molecule has 0 radical (unpaired) electrons. The van der Waals surface area contributed by atoms with E-state index in [0.29, 0.717) is 55.5 Å². The molecule has 8 aliphatic rings. The average molecular weight is 1090 g/mol. The van der Waals surface area contributed by atoms with Gasteiger partial charge in [-0.3, -0.25) is 28.4 Å². The Morgan fingerprint density at radius 2 is 1.25 bits per heavy atom. The molecule has 0 saturated heterocycles. The maximum atomic E-state index is 13.7. The normalized spacial score (nSPS) is 21.2. The minimum Gasteiger partial charge on any atom is -0.871 e. The highest BCUT2D eigenvalue weighted by Gasteiger charge is 2.41. The van der Waals surface area contributed by atoms with Gasteiger partial charge in [0.1, 0.15) is 36.8 Å². The number of anilines is 4. The summed E-state index contributed by atoms with van der Waals surface area (Å²) in [7, 11) is -4.93. The van der Waals surface area contributed by atoms with Crippen molar-refractivity contribution in [1.29, 1.82) is 0 Å². The van der Waals surface area contributed by atoms with Crippen LogP contribution in [0.15, 0.2) is 101 Å². The van der Waals surface area contributed by atoms with E-state index >= 15 is 0 Å². The first-order valence-corrected chi connectivity index (χ1v) is 29.3. The van der Waals surface area contributed by atoms with Crippen LogP contribution < -0.4 is 51.7 Å². The number of aryl methyl sites for hydroxylation is 4. The van der Waals surface area contributed by atoms with Gasteiger partial charge >= 0.3 is 0 Å². The number of nitrogens with zero attached hydrogens (tertiary/aromatic N) is 3. The largest absolute Gasteiger partial charge is 0.871 e. The van der Waals surface area contributed by atoms with Crippen molar-refractivity contribution in [3.05, 3.63) is 151 Å². The Labute approximate surface area is 461 Å². The van der Waals surface area contributed by atoms with Crippen molar-refractivity contribution in [3.8, 4) is 0 Å². The fraction of sp³-hybridized carbons (Fsp3) is 0.333. The maximum absolute atomic E-state index is 13.7. The molecule has 6 aromatic rings. The van der Waals surface area contributed by atoms with Crippen LogP contribution in [0.2, 0.25) is 0 Å². The van der Waals surface area contributed by atoms with Crippen molar-refractivity contribution < 1.29 is 46.5 Å². The number of allylic oxidation sites excluding steroid dienone is 4.